The third kappa shape index (κ3) is 2.62. The van der Waals surface area contributed by atoms with E-state index in [0.717, 1.165) is 0 Å². The zero-order chi connectivity index (χ0) is 11.6. The smallest absolute Gasteiger partial charge is 0.240 e. The van der Waals surface area contributed by atoms with Gasteiger partial charge in [0.2, 0.25) is 15.9 Å². The number of likely N-dealkylation sites (N-methyl/N-ethyl adjacent to an activating group) is 1. The van der Waals surface area contributed by atoms with Crippen LogP contribution in [0.15, 0.2) is 0 Å². The molecule has 5 nitrogen and oxygen atoms in total. The lowest BCUT2D eigenvalue weighted by Gasteiger charge is -2.24. The number of nitrogens with zero attached hydrogens (tertiary/aromatic N) is 2. The van der Waals surface area contributed by atoms with E-state index in [1.54, 1.807) is 14.1 Å². The summed E-state index contributed by atoms with van der Waals surface area (Å²) in [7, 11) is -0.240. The van der Waals surface area contributed by atoms with E-state index in [9.17, 15) is 13.2 Å². The molecule has 0 N–H and O–H groups in total. The van der Waals surface area contributed by atoms with Crippen LogP contribution in [0.1, 0.15) is 12.8 Å². The maximum Gasteiger partial charge on any atom is 0.240 e. The predicted octanol–water partition coefficient (Wildman–Crippen LogP) is 0.0651. The van der Waals surface area contributed by atoms with Gasteiger partial charge in [-0.15, -0.1) is 11.6 Å². The van der Waals surface area contributed by atoms with Crippen molar-refractivity contribution in [2.24, 2.45) is 0 Å². The SMILES string of the molecule is CN(C)C(=O)C1CCCN1S(=O)(=O)CCl. The van der Waals surface area contributed by atoms with Crippen molar-refractivity contribution in [2.45, 2.75) is 18.9 Å². The van der Waals surface area contributed by atoms with Crippen molar-refractivity contribution in [1.82, 2.24) is 9.21 Å². The number of sulfonamides is 1. The molecular weight excluding hydrogens is 240 g/mol. The number of rotatable bonds is 3. The second-order valence-corrected chi connectivity index (χ2v) is 6.23. The number of hydrogen-bond acceptors (Lipinski definition) is 3. The molecule has 0 aromatic rings. The van der Waals surface area contributed by atoms with E-state index in [1.165, 1.54) is 9.21 Å². The molecule has 0 aromatic heterocycles. The Hall–Kier alpha value is -0.330. The highest BCUT2D eigenvalue weighted by atomic mass is 35.5. The first-order valence-corrected chi connectivity index (χ1v) is 6.81. The lowest BCUT2D eigenvalue weighted by molar-refractivity contribution is -0.132. The second-order valence-electron chi connectivity index (χ2n) is 3.72. The minimum Gasteiger partial charge on any atom is -0.347 e. The van der Waals surface area contributed by atoms with E-state index in [2.05, 4.69) is 0 Å². The normalized spacial score (nSPS) is 23.0. The van der Waals surface area contributed by atoms with Crippen LogP contribution in [0, 0.1) is 0 Å². The van der Waals surface area contributed by atoms with E-state index in [4.69, 9.17) is 11.6 Å². The number of carbonyl (C=O) groups excluding carboxylic acids is 1. The van der Waals surface area contributed by atoms with Gasteiger partial charge in [-0.05, 0) is 12.8 Å². The lowest BCUT2D eigenvalue weighted by Crippen LogP contribution is -2.45. The fourth-order valence-electron chi connectivity index (χ4n) is 1.68. The minimum absolute atomic E-state index is 0.179. The van der Waals surface area contributed by atoms with Crippen molar-refractivity contribution in [3.8, 4) is 0 Å². The van der Waals surface area contributed by atoms with Crippen LogP contribution in [0.2, 0.25) is 0 Å². The van der Waals surface area contributed by atoms with Gasteiger partial charge >= 0.3 is 0 Å². The number of halogens is 1. The zero-order valence-corrected chi connectivity index (χ0v) is 10.4. The van der Waals surface area contributed by atoms with Gasteiger partial charge in [-0.3, -0.25) is 4.79 Å². The molecule has 0 spiro atoms. The number of hydrogen-bond donors (Lipinski definition) is 0. The van der Waals surface area contributed by atoms with Gasteiger partial charge in [0.15, 0.2) is 0 Å². The summed E-state index contributed by atoms with van der Waals surface area (Å²) in [6.07, 6.45) is 1.29. The summed E-state index contributed by atoms with van der Waals surface area (Å²) in [6.45, 7) is 0.388. The number of amides is 1. The highest BCUT2D eigenvalue weighted by molar-refractivity contribution is 7.90. The number of carbonyl (C=O) groups is 1. The summed E-state index contributed by atoms with van der Waals surface area (Å²) in [5.41, 5.74) is 0. The highest BCUT2D eigenvalue weighted by Crippen LogP contribution is 2.22. The van der Waals surface area contributed by atoms with E-state index < -0.39 is 21.3 Å². The molecule has 0 radical (unpaired) electrons. The summed E-state index contributed by atoms with van der Waals surface area (Å²) in [6, 6.07) is -0.566. The molecule has 15 heavy (non-hydrogen) atoms. The third-order valence-corrected chi connectivity index (χ3v) is 4.68. The van der Waals surface area contributed by atoms with Crippen LogP contribution < -0.4 is 0 Å². The Morgan fingerprint density at radius 2 is 2.13 bits per heavy atom. The molecule has 88 valence electrons. The molecule has 0 saturated carbocycles. The van der Waals surface area contributed by atoms with Gasteiger partial charge < -0.3 is 4.90 Å². The maximum atomic E-state index is 11.7. The first-order chi connectivity index (χ1) is 6.90. The molecule has 0 aromatic carbocycles. The van der Waals surface area contributed by atoms with Crippen LogP contribution in [0.4, 0.5) is 0 Å². The molecule has 1 heterocycles. The predicted molar refractivity (Wildman–Crippen MR) is 58.1 cm³/mol. The molecular formula is C8H15ClN2O3S. The first-order valence-electron chi connectivity index (χ1n) is 4.67. The van der Waals surface area contributed by atoms with Crippen LogP contribution in [0.3, 0.4) is 0 Å². The van der Waals surface area contributed by atoms with Gasteiger partial charge in [-0.2, -0.15) is 4.31 Å². The average molecular weight is 255 g/mol. The molecule has 1 fully saturated rings. The molecule has 1 unspecified atom stereocenters. The second kappa shape index (κ2) is 4.67. The molecule has 1 aliphatic rings. The summed E-state index contributed by atoms with van der Waals surface area (Å²) in [5.74, 6) is -0.179. The van der Waals surface area contributed by atoms with Crippen LogP contribution >= 0.6 is 11.6 Å². The fraction of sp³-hybridized carbons (Fsp3) is 0.875. The Kier molecular flexibility index (Phi) is 3.97. The molecule has 0 bridgehead atoms. The van der Waals surface area contributed by atoms with Gasteiger partial charge in [-0.25, -0.2) is 8.42 Å². The van der Waals surface area contributed by atoms with E-state index in [-0.39, 0.29) is 5.91 Å². The van der Waals surface area contributed by atoms with Crippen molar-refractivity contribution >= 4 is 27.5 Å². The minimum atomic E-state index is -3.47. The van der Waals surface area contributed by atoms with E-state index in [0.29, 0.717) is 19.4 Å². The summed E-state index contributed by atoms with van der Waals surface area (Å²) < 4.78 is 24.3. The molecule has 1 amide bonds. The molecule has 1 saturated heterocycles. The van der Waals surface area contributed by atoms with Gasteiger partial charge in [-0.1, -0.05) is 0 Å². The van der Waals surface area contributed by atoms with Crippen molar-refractivity contribution < 1.29 is 13.2 Å². The Balaban J connectivity index is 2.87. The topological polar surface area (TPSA) is 57.7 Å². The van der Waals surface area contributed by atoms with Crippen molar-refractivity contribution in [2.75, 3.05) is 25.9 Å². The van der Waals surface area contributed by atoms with Crippen LogP contribution in [0.25, 0.3) is 0 Å². The summed E-state index contributed by atoms with van der Waals surface area (Å²) in [4.78, 5) is 13.1. The zero-order valence-electron chi connectivity index (χ0n) is 8.81. The number of alkyl halides is 1. The van der Waals surface area contributed by atoms with Crippen LogP contribution in [0.5, 0.6) is 0 Å². The monoisotopic (exact) mass is 254 g/mol. The Bertz CT molecular complexity index is 342. The molecule has 1 atom stereocenters. The standard InChI is InChI=1S/C8H15ClN2O3S/c1-10(2)8(12)7-4-3-5-11(7)15(13,14)6-9/h7H,3-6H2,1-2H3. The molecule has 1 aliphatic heterocycles. The summed E-state index contributed by atoms with van der Waals surface area (Å²) >= 11 is 5.37. The quantitative estimate of drug-likeness (QED) is 0.670. The fourth-order valence-corrected chi connectivity index (χ4v) is 3.17. The van der Waals surface area contributed by atoms with Gasteiger partial charge in [0, 0.05) is 20.6 Å². The van der Waals surface area contributed by atoms with Gasteiger partial charge in [0.25, 0.3) is 0 Å². The van der Waals surface area contributed by atoms with Gasteiger partial charge in [0.05, 0.1) is 0 Å². The lowest BCUT2D eigenvalue weighted by atomic mass is 10.2. The Labute approximate surface area is 95.0 Å². The maximum absolute atomic E-state index is 11.7. The van der Waals surface area contributed by atoms with E-state index >= 15 is 0 Å². The van der Waals surface area contributed by atoms with Crippen LogP contribution in [-0.4, -0.2) is 55.4 Å². The third-order valence-electron chi connectivity index (χ3n) is 2.42. The largest absolute Gasteiger partial charge is 0.347 e. The highest BCUT2D eigenvalue weighted by Gasteiger charge is 2.38. The average Bonchev–Trinajstić information content (AvgIpc) is 2.65. The Morgan fingerprint density at radius 1 is 1.53 bits per heavy atom. The van der Waals surface area contributed by atoms with Gasteiger partial charge in [0.1, 0.15) is 11.3 Å². The summed E-state index contributed by atoms with van der Waals surface area (Å²) in [5, 5.41) is -0.468. The molecule has 1 rings (SSSR count). The van der Waals surface area contributed by atoms with Crippen LogP contribution in [-0.2, 0) is 14.8 Å². The van der Waals surface area contributed by atoms with E-state index in [1.807, 2.05) is 0 Å². The molecule has 0 aliphatic carbocycles. The van der Waals surface area contributed by atoms with Crippen molar-refractivity contribution in [3.05, 3.63) is 0 Å². The van der Waals surface area contributed by atoms with Crippen molar-refractivity contribution in [1.29, 1.82) is 0 Å². The first kappa shape index (κ1) is 12.7. The van der Waals surface area contributed by atoms with Crippen molar-refractivity contribution in [3.63, 3.8) is 0 Å². The molecule has 7 heteroatoms. The Morgan fingerprint density at radius 3 is 2.60 bits per heavy atom.